The van der Waals surface area contributed by atoms with E-state index >= 15 is 0 Å². The van der Waals surface area contributed by atoms with Gasteiger partial charge in [0.2, 0.25) is 0 Å². The van der Waals surface area contributed by atoms with Crippen molar-refractivity contribution in [2.24, 2.45) is 0 Å². The average Bonchev–Trinajstić information content (AvgIpc) is 0.811. The standard InChI is InChI=1S/H2O2P.V/c1-3-2;/h1-2H;/q-1;+2. The summed E-state index contributed by atoms with van der Waals surface area (Å²) in [4.78, 5) is 15.3. The van der Waals surface area contributed by atoms with Gasteiger partial charge >= 0.3 is 32.7 Å². The van der Waals surface area contributed by atoms with Crippen LogP contribution >= 0.6 is 6.40 Å². The van der Waals surface area contributed by atoms with Gasteiger partial charge in [-0.05, 0) is 0 Å². The summed E-state index contributed by atoms with van der Waals surface area (Å²) in [5, 5.41) is 0. The zero-order valence-electron chi connectivity index (χ0n) is 1.79. The van der Waals surface area contributed by atoms with Gasteiger partial charge in [0, 0.05) is 0 Å². The molecule has 23 valence electrons. The first kappa shape index (κ1) is 4.80. The van der Waals surface area contributed by atoms with Gasteiger partial charge < -0.3 is 0 Å². The second-order valence-electron chi connectivity index (χ2n) is 0.268. The zero-order chi connectivity index (χ0) is 3.58. The van der Waals surface area contributed by atoms with Crippen molar-refractivity contribution in [3.63, 3.8) is 0 Å². The molecule has 0 fully saturated rings. The van der Waals surface area contributed by atoms with E-state index in [1.807, 2.05) is 0 Å². The fourth-order valence-electron chi connectivity index (χ4n) is 0. The summed E-state index contributed by atoms with van der Waals surface area (Å²) in [5.74, 6) is 0. The van der Waals surface area contributed by atoms with Crippen LogP contribution in [0.2, 0.25) is 0 Å². The molecule has 0 bridgehead atoms. The molecule has 0 saturated heterocycles. The van der Waals surface area contributed by atoms with Crippen LogP contribution in [0, 0.1) is 0 Å². The van der Waals surface area contributed by atoms with Crippen molar-refractivity contribution in [2.45, 2.75) is 0 Å². The third kappa shape index (κ3) is 14.1. The Bertz CT molecular complexity index is 29.0. The van der Waals surface area contributed by atoms with Crippen LogP contribution in [-0.4, -0.2) is 9.79 Å². The van der Waals surface area contributed by atoms with Gasteiger partial charge in [0.1, 0.15) is 0 Å². The molecule has 0 aliphatic heterocycles. The Morgan fingerprint density at radius 2 is 1.50 bits per heavy atom. The molecular formula is H2O2PV+. The molecule has 0 unspecified atom stereocenters. The second kappa shape index (κ2) is 2.07. The average molecular weight is 116 g/mol. The van der Waals surface area contributed by atoms with E-state index in [4.69, 9.17) is 9.79 Å². The molecule has 0 amide bonds. The van der Waals surface area contributed by atoms with Crippen LogP contribution in [0.25, 0.3) is 0 Å². The van der Waals surface area contributed by atoms with Gasteiger partial charge in [0.05, 0.1) is 0 Å². The van der Waals surface area contributed by atoms with Crippen molar-refractivity contribution in [1.29, 1.82) is 0 Å². The quantitative estimate of drug-likeness (QED) is 0.428. The van der Waals surface area contributed by atoms with E-state index in [0.29, 0.717) is 0 Å². The summed E-state index contributed by atoms with van der Waals surface area (Å²) in [6, 6.07) is 0. The van der Waals surface area contributed by atoms with Crippen LogP contribution in [0.15, 0.2) is 0 Å². The van der Waals surface area contributed by atoms with Crippen molar-refractivity contribution in [3.8, 4) is 0 Å². The molecule has 4 heavy (non-hydrogen) atoms. The van der Waals surface area contributed by atoms with Crippen molar-refractivity contribution >= 4 is 6.40 Å². The maximum atomic E-state index is 7.65. The van der Waals surface area contributed by atoms with Crippen LogP contribution in [0.4, 0.5) is 0 Å². The minimum absolute atomic E-state index is 1.68. The van der Waals surface area contributed by atoms with Gasteiger partial charge in [0.15, 0.2) is 0 Å². The van der Waals surface area contributed by atoms with Crippen molar-refractivity contribution in [3.05, 3.63) is 0 Å². The Hall–Kier alpha value is 0.804. The summed E-state index contributed by atoms with van der Waals surface area (Å²) in [7, 11) is 0. The Morgan fingerprint density at radius 1 is 1.50 bits per heavy atom. The summed E-state index contributed by atoms with van der Waals surface area (Å²) in [5.41, 5.74) is 0. The molecule has 0 aromatic rings. The molecule has 4 heteroatoms. The Kier molecular flexibility index (Phi) is 2.48. The van der Waals surface area contributed by atoms with Gasteiger partial charge in [-0.25, -0.2) is 0 Å². The van der Waals surface area contributed by atoms with Gasteiger partial charge in [-0.2, -0.15) is 0 Å². The summed E-state index contributed by atoms with van der Waals surface area (Å²) in [6.45, 7) is 0. The van der Waals surface area contributed by atoms with Gasteiger partial charge in [0.25, 0.3) is 0 Å². The normalized spacial score (nSPS) is 6.25. The number of hydrogen-bond acceptors (Lipinski definition) is 2. The molecule has 0 aliphatic carbocycles. The summed E-state index contributed by atoms with van der Waals surface area (Å²) in [6.07, 6.45) is -1.68. The van der Waals surface area contributed by atoms with Gasteiger partial charge in [-0.1, -0.05) is 0 Å². The summed E-state index contributed by atoms with van der Waals surface area (Å²) < 4.78 is 0. The molecule has 0 rings (SSSR count). The van der Waals surface area contributed by atoms with Crippen LogP contribution in [0.1, 0.15) is 0 Å². The Labute approximate surface area is 33.3 Å². The summed E-state index contributed by atoms with van der Waals surface area (Å²) >= 11 is 1.71. The molecule has 0 aliphatic rings. The van der Waals surface area contributed by atoms with Crippen LogP contribution in [0.5, 0.6) is 0 Å². The number of hydrogen-bond donors (Lipinski definition) is 2. The van der Waals surface area contributed by atoms with Gasteiger partial charge in [-0.3, -0.25) is 0 Å². The Morgan fingerprint density at radius 3 is 1.50 bits per heavy atom. The third-order valence-corrected chi connectivity index (χ3v) is 0. The van der Waals surface area contributed by atoms with E-state index in [2.05, 4.69) is 0 Å². The third-order valence-electron chi connectivity index (χ3n) is 0. The van der Waals surface area contributed by atoms with E-state index < -0.39 is 6.40 Å². The van der Waals surface area contributed by atoms with Crippen molar-refractivity contribution < 1.29 is 26.3 Å². The van der Waals surface area contributed by atoms with Crippen molar-refractivity contribution in [2.75, 3.05) is 0 Å². The SMILES string of the molecule is O[P+](O)=[V]. The fourth-order valence-corrected chi connectivity index (χ4v) is 0. The first-order chi connectivity index (χ1) is 1.73. The monoisotopic (exact) mass is 116 g/mol. The molecule has 0 saturated carbocycles. The molecule has 0 heterocycles. The molecule has 2 nitrogen and oxygen atoms in total. The molecule has 0 radical (unpaired) electrons. The van der Waals surface area contributed by atoms with Crippen LogP contribution in [0.3, 0.4) is 0 Å². The zero-order valence-corrected chi connectivity index (χ0v) is 4.08. The maximum absolute atomic E-state index is 7.65. The predicted molar refractivity (Wildman–Crippen MR) is 11.4 cm³/mol. The first-order valence-corrected chi connectivity index (χ1v) is 3.67. The van der Waals surface area contributed by atoms with E-state index in [9.17, 15) is 0 Å². The van der Waals surface area contributed by atoms with Crippen LogP contribution in [-0.2, 0) is 16.5 Å². The molecule has 0 spiro atoms. The van der Waals surface area contributed by atoms with Crippen LogP contribution < -0.4 is 0 Å². The van der Waals surface area contributed by atoms with Crippen molar-refractivity contribution in [1.82, 2.24) is 0 Å². The topological polar surface area (TPSA) is 40.5 Å². The Balaban J connectivity index is 2.80. The molecule has 0 aromatic heterocycles. The molecular weight excluding hydrogens is 114 g/mol. The fraction of sp³-hybridized carbons (Fsp3) is 0. The number of rotatable bonds is 0. The molecule has 0 atom stereocenters. The van der Waals surface area contributed by atoms with Gasteiger partial charge in [-0.15, -0.1) is 0 Å². The first-order valence-electron chi connectivity index (χ1n) is 0.600. The van der Waals surface area contributed by atoms with E-state index in [1.165, 1.54) is 0 Å². The van der Waals surface area contributed by atoms with E-state index in [1.54, 1.807) is 16.5 Å². The molecule has 2 N–H and O–H groups in total. The molecule has 0 aromatic carbocycles. The minimum atomic E-state index is -1.68. The van der Waals surface area contributed by atoms with E-state index in [0.717, 1.165) is 0 Å². The second-order valence-corrected chi connectivity index (χ2v) is 2.48. The predicted octanol–water partition coefficient (Wildman–Crippen LogP) is -0.255. The van der Waals surface area contributed by atoms with E-state index in [-0.39, 0.29) is 0 Å².